The largest absolute Gasteiger partial charge is 0.293 e. The van der Waals surface area contributed by atoms with E-state index < -0.39 is 0 Å². The highest BCUT2D eigenvalue weighted by molar-refractivity contribution is 7.12. The molecule has 1 heterocycles. The SMILES string of the molecule is Cc1ccsc1C(=O)C1CCC(C)CC1. The summed E-state index contributed by atoms with van der Waals surface area (Å²) in [6, 6.07) is 2.04. The van der Waals surface area contributed by atoms with E-state index in [9.17, 15) is 4.79 Å². The molecule has 0 N–H and O–H groups in total. The highest BCUT2D eigenvalue weighted by atomic mass is 32.1. The summed E-state index contributed by atoms with van der Waals surface area (Å²) in [6.07, 6.45) is 4.64. The third-order valence-electron chi connectivity index (χ3n) is 3.47. The van der Waals surface area contributed by atoms with Crippen LogP contribution in [0.2, 0.25) is 0 Å². The fraction of sp³-hybridized carbons (Fsp3) is 0.615. The van der Waals surface area contributed by atoms with Crippen LogP contribution in [-0.2, 0) is 0 Å². The van der Waals surface area contributed by atoms with Crippen LogP contribution in [0.25, 0.3) is 0 Å². The Bertz CT molecular complexity index is 345. The van der Waals surface area contributed by atoms with Gasteiger partial charge in [-0.2, -0.15) is 0 Å². The second-order valence-electron chi connectivity index (χ2n) is 4.75. The third-order valence-corrected chi connectivity index (χ3v) is 4.50. The molecule has 2 rings (SSSR count). The van der Waals surface area contributed by atoms with Crippen molar-refractivity contribution in [3.8, 4) is 0 Å². The fourth-order valence-corrected chi connectivity index (χ4v) is 3.28. The zero-order valence-electron chi connectivity index (χ0n) is 9.45. The molecule has 2 heteroatoms. The van der Waals surface area contributed by atoms with Crippen LogP contribution in [0.3, 0.4) is 0 Å². The summed E-state index contributed by atoms with van der Waals surface area (Å²) in [5.41, 5.74) is 1.16. The molecule has 1 fully saturated rings. The predicted molar refractivity (Wildman–Crippen MR) is 64.5 cm³/mol. The normalized spacial score (nSPS) is 26.5. The summed E-state index contributed by atoms with van der Waals surface area (Å²) in [6.45, 7) is 4.33. The maximum absolute atomic E-state index is 12.2. The molecule has 0 aliphatic heterocycles. The molecule has 0 bridgehead atoms. The molecule has 0 amide bonds. The minimum absolute atomic E-state index is 0.304. The Morgan fingerprint density at radius 1 is 1.33 bits per heavy atom. The second kappa shape index (κ2) is 4.48. The molecular weight excluding hydrogens is 204 g/mol. The molecule has 1 saturated carbocycles. The summed E-state index contributed by atoms with van der Waals surface area (Å²) < 4.78 is 0. The van der Waals surface area contributed by atoms with Crippen molar-refractivity contribution in [2.75, 3.05) is 0 Å². The van der Waals surface area contributed by atoms with Gasteiger partial charge in [0.15, 0.2) is 5.78 Å². The van der Waals surface area contributed by atoms with Gasteiger partial charge >= 0.3 is 0 Å². The first-order valence-electron chi connectivity index (χ1n) is 5.76. The Hall–Kier alpha value is -0.630. The van der Waals surface area contributed by atoms with Crippen LogP contribution in [0, 0.1) is 18.8 Å². The van der Waals surface area contributed by atoms with E-state index in [0.717, 1.165) is 29.2 Å². The second-order valence-corrected chi connectivity index (χ2v) is 5.67. The molecule has 1 nitrogen and oxygen atoms in total. The van der Waals surface area contributed by atoms with Crippen molar-refractivity contribution in [2.24, 2.45) is 11.8 Å². The van der Waals surface area contributed by atoms with Gasteiger partial charge in [-0.1, -0.05) is 19.8 Å². The van der Waals surface area contributed by atoms with Crippen molar-refractivity contribution in [3.63, 3.8) is 0 Å². The van der Waals surface area contributed by atoms with Crippen molar-refractivity contribution < 1.29 is 4.79 Å². The van der Waals surface area contributed by atoms with Crippen LogP contribution in [0.15, 0.2) is 11.4 Å². The van der Waals surface area contributed by atoms with Gasteiger partial charge < -0.3 is 0 Å². The lowest BCUT2D eigenvalue weighted by Gasteiger charge is -2.24. The number of thiophene rings is 1. The molecule has 1 aromatic rings. The molecule has 0 saturated heterocycles. The Labute approximate surface area is 95.5 Å². The van der Waals surface area contributed by atoms with E-state index in [1.165, 1.54) is 12.8 Å². The predicted octanol–water partition coefficient (Wildman–Crippen LogP) is 4.07. The van der Waals surface area contributed by atoms with Gasteiger partial charge in [-0.15, -0.1) is 11.3 Å². The molecule has 0 spiro atoms. The molecule has 1 aliphatic rings. The Balaban J connectivity index is 2.06. The lowest BCUT2D eigenvalue weighted by Crippen LogP contribution is -2.20. The number of carbonyl (C=O) groups excluding carboxylic acids is 1. The topological polar surface area (TPSA) is 17.1 Å². The average Bonchev–Trinajstić information content (AvgIpc) is 2.65. The molecular formula is C13H18OS. The molecule has 0 radical (unpaired) electrons. The minimum Gasteiger partial charge on any atom is -0.293 e. The van der Waals surface area contributed by atoms with E-state index in [1.54, 1.807) is 11.3 Å². The average molecular weight is 222 g/mol. The van der Waals surface area contributed by atoms with E-state index in [1.807, 2.05) is 18.4 Å². The first-order chi connectivity index (χ1) is 7.18. The number of carbonyl (C=O) groups is 1. The van der Waals surface area contributed by atoms with Gasteiger partial charge in [0.2, 0.25) is 0 Å². The summed E-state index contributed by atoms with van der Waals surface area (Å²) in [4.78, 5) is 13.2. The number of hydrogen-bond donors (Lipinski definition) is 0. The molecule has 0 unspecified atom stereocenters. The Kier molecular flexibility index (Phi) is 3.25. The van der Waals surface area contributed by atoms with Crippen LogP contribution in [0.1, 0.15) is 47.8 Å². The standard InChI is InChI=1S/C13H18OS/c1-9-3-5-11(6-4-9)12(14)13-10(2)7-8-15-13/h7-9,11H,3-6H2,1-2H3. The van der Waals surface area contributed by atoms with E-state index in [2.05, 4.69) is 6.92 Å². The summed E-state index contributed by atoms with van der Waals surface area (Å²) in [5.74, 6) is 1.52. The highest BCUT2D eigenvalue weighted by Gasteiger charge is 2.26. The fourth-order valence-electron chi connectivity index (χ4n) is 2.33. The smallest absolute Gasteiger partial charge is 0.176 e. The first kappa shape index (κ1) is 10.9. The van der Waals surface area contributed by atoms with E-state index in [0.29, 0.717) is 11.7 Å². The number of rotatable bonds is 2. The quantitative estimate of drug-likeness (QED) is 0.689. The monoisotopic (exact) mass is 222 g/mol. The van der Waals surface area contributed by atoms with E-state index >= 15 is 0 Å². The molecule has 1 aromatic heterocycles. The van der Waals surface area contributed by atoms with Gasteiger partial charge in [0, 0.05) is 5.92 Å². The van der Waals surface area contributed by atoms with Gasteiger partial charge in [0.1, 0.15) is 0 Å². The van der Waals surface area contributed by atoms with Gasteiger partial charge in [-0.05, 0) is 42.7 Å². The summed E-state index contributed by atoms with van der Waals surface area (Å²) in [5, 5.41) is 2.02. The number of Topliss-reactive ketones (excluding diaryl/α,β-unsaturated/α-hetero) is 1. The summed E-state index contributed by atoms with van der Waals surface area (Å²) >= 11 is 1.60. The zero-order valence-corrected chi connectivity index (χ0v) is 10.3. The van der Waals surface area contributed by atoms with Gasteiger partial charge in [-0.3, -0.25) is 4.79 Å². The molecule has 0 atom stereocenters. The van der Waals surface area contributed by atoms with Crippen LogP contribution in [0.5, 0.6) is 0 Å². The van der Waals surface area contributed by atoms with Crippen LogP contribution in [0.4, 0.5) is 0 Å². The van der Waals surface area contributed by atoms with Crippen molar-refractivity contribution in [3.05, 3.63) is 21.9 Å². The maximum Gasteiger partial charge on any atom is 0.176 e. The lowest BCUT2D eigenvalue weighted by molar-refractivity contribution is 0.0879. The first-order valence-corrected chi connectivity index (χ1v) is 6.64. The van der Waals surface area contributed by atoms with Crippen molar-refractivity contribution >= 4 is 17.1 Å². The van der Waals surface area contributed by atoms with E-state index in [-0.39, 0.29) is 0 Å². The Morgan fingerprint density at radius 2 is 2.00 bits per heavy atom. The van der Waals surface area contributed by atoms with Crippen LogP contribution >= 0.6 is 11.3 Å². The molecule has 82 valence electrons. The Morgan fingerprint density at radius 3 is 2.53 bits per heavy atom. The molecule has 0 aromatic carbocycles. The molecule has 15 heavy (non-hydrogen) atoms. The third kappa shape index (κ3) is 2.31. The maximum atomic E-state index is 12.2. The minimum atomic E-state index is 0.304. The van der Waals surface area contributed by atoms with Gasteiger partial charge in [-0.25, -0.2) is 0 Å². The van der Waals surface area contributed by atoms with E-state index in [4.69, 9.17) is 0 Å². The van der Waals surface area contributed by atoms with Crippen LogP contribution < -0.4 is 0 Å². The number of aryl methyl sites for hydroxylation is 1. The number of ketones is 1. The zero-order chi connectivity index (χ0) is 10.8. The lowest BCUT2D eigenvalue weighted by atomic mass is 9.80. The van der Waals surface area contributed by atoms with Crippen LogP contribution in [-0.4, -0.2) is 5.78 Å². The van der Waals surface area contributed by atoms with Crippen molar-refractivity contribution in [1.82, 2.24) is 0 Å². The van der Waals surface area contributed by atoms with Gasteiger partial charge in [0.05, 0.1) is 4.88 Å². The summed E-state index contributed by atoms with van der Waals surface area (Å²) in [7, 11) is 0. The van der Waals surface area contributed by atoms with Gasteiger partial charge in [0.25, 0.3) is 0 Å². The molecule has 1 aliphatic carbocycles. The van der Waals surface area contributed by atoms with Crippen molar-refractivity contribution in [1.29, 1.82) is 0 Å². The van der Waals surface area contributed by atoms with Crippen molar-refractivity contribution in [2.45, 2.75) is 39.5 Å². The number of hydrogen-bond acceptors (Lipinski definition) is 2. The highest BCUT2D eigenvalue weighted by Crippen LogP contribution is 2.32.